The summed E-state index contributed by atoms with van der Waals surface area (Å²) in [5.41, 5.74) is 4.32. The van der Waals surface area contributed by atoms with Crippen molar-refractivity contribution in [3.8, 4) is 11.1 Å². The Labute approximate surface area is 197 Å². The van der Waals surface area contributed by atoms with E-state index in [1.807, 2.05) is 17.2 Å². The van der Waals surface area contributed by atoms with Gasteiger partial charge in [-0.25, -0.2) is 4.98 Å². The van der Waals surface area contributed by atoms with Gasteiger partial charge in [-0.1, -0.05) is 36.9 Å². The summed E-state index contributed by atoms with van der Waals surface area (Å²) in [5, 5.41) is 2.96. The molecule has 4 rings (SSSR count). The molecule has 1 aliphatic rings. The highest BCUT2D eigenvalue weighted by molar-refractivity contribution is 8.00. The number of nitrogens with zero attached hydrogens (tertiary/aromatic N) is 4. The Morgan fingerprint density at radius 3 is 2.56 bits per heavy atom. The number of rotatable bonds is 5. The van der Waals surface area contributed by atoms with Gasteiger partial charge in [0.05, 0.1) is 10.6 Å². The van der Waals surface area contributed by atoms with Gasteiger partial charge in [-0.05, 0) is 44.0 Å². The highest BCUT2D eigenvalue weighted by Crippen LogP contribution is 2.33. The van der Waals surface area contributed by atoms with Gasteiger partial charge in [-0.15, -0.1) is 11.3 Å². The van der Waals surface area contributed by atoms with Gasteiger partial charge in [0.25, 0.3) is 5.56 Å². The highest BCUT2D eigenvalue weighted by atomic mass is 32.2. The Hall–Kier alpha value is -2.16. The summed E-state index contributed by atoms with van der Waals surface area (Å²) in [6.07, 6.45) is 0. The Morgan fingerprint density at radius 2 is 1.91 bits per heavy atom. The molecule has 8 heteroatoms. The number of carbonyl (C=O) groups excluding carboxylic acids is 1. The van der Waals surface area contributed by atoms with Crippen LogP contribution in [-0.4, -0.2) is 63.2 Å². The zero-order valence-electron chi connectivity index (χ0n) is 19.3. The van der Waals surface area contributed by atoms with E-state index in [4.69, 9.17) is 4.98 Å². The molecule has 1 unspecified atom stereocenters. The molecule has 0 saturated carbocycles. The largest absolute Gasteiger partial charge is 0.339 e. The van der Waals surface area contributed by atoms with Crippen molar-refractivity contribution in [2.45, 2.75) is 38.1 Å². The molecule has 3 aromatic rings. The van der Waals surface area contributed by atoms with E-state index in [0.717, 1.165) is 48.7 Å². The molecule has 32 heavy (non-hydrogen) atoms. The van der Waals surface area contributed by atoms with Crippen LogP contribution in [0.15, 0.2) is 33.5 Å². The summed E-state index contributed by atoms with van der Waals surface area (Å²) >= 11 is 2.85. The minimum Gasteiger partial charge on any atom is -0.339 e. The number of benzene rings is 1. The molecule has 0 spiro atoms. The molecule has 1 fully saturated rings. The number of piperazine rings is 1. The molecule has 1 aliphatic heterocycles. The average Bonchev–Trinajstić information content (AvgIpc) is 3.22. The van der Waals surface area contributed by atoms with Crippen LogP contribution in [0.1, 0.15) is 25.0 Å². The van der Waals surface area contributed by atoms with Gasteiger partial charge in [0.15, 0.2) is 5.16 Å². The van der Waals surface area contributed by atoms with E-state index in [2.05, 4.69) is 43.9 Å². The second kappa shape index (κ2) is 9.37. The molecule has 3 heterocycles. The first-order valence-electron chi connectivity index (χ1n) is 11.0. The molecule has 6 nitrogen and oxygen atoms in total. The molecule has 0 bridgehead atoms. The smallest absolute Gasteiger partial charge is 0.263 e. The number of amides is 1. The number of thiophene rings is 1. The summed E-state index contributed by atoms with van der Waals surface area (Å²) in [6, 6.07) is 6.27. The van der Waals surface area contributed by atoms with E-state index in [-0.39, 0.29) is 16.7 Å². The molecule has 1 aromatic carbocycles. The predicted octanol–water partition coefficient (Wildman–Crippen LogP) is 3.92. The maximum Gasteiger partial charge on any atom is 0.263 e. The van der Waals surface area contributed by atoms with E-state index in [0.29, 0.717) is 10.5 Å². The fraction of sp³-hybridized carbons (Fsp3) is 0.458. The average molecular weight is 471 g/mol. The fourth-order valence-electron chi connectivity index (χ4n) is 4.03. The van der Waals surface area contributed by atoms with Crippen molar-refractivity contribution in [2.24, 2.45) is 7.05 Å². The third-order valence-corrected chi connectivity index (χ3v) is 8.36. The number of carbonyl (C=O) groups is 1. The van der Waals surface area contributed by atoms with Gasteiger partial charge in [0.1, 0.15) is 4.83 Å². The first-order valence-corrected chi connectivity index (χ1v) is 12.8. The Kier molecular flexibility index (Phi) is 6.74. The van der Waals surface area contributed by atoms with Gasteiger partial charge >= 0.3 is 0 Å². The third-order valence-electron chi connectivity index (χ3n) is 6.35. The van der Waals surface area contributed by atoms with E-state index in [1.54, 1.807) is 11.6 Å². The number of fused-ring (bicyclic) bond motifs is 1. The Bertz CT molecular complexity index is 1210. The standard InChI is InChI=1S/C24H30N4O2S2/c1-6-27-9-11-28(12-10-27)22(29)17(4)32-24-25-21-20(23(30)26(24)5)19(14-31-21)18-8-7-15(2)16(3)13-18/h7-8,13-14,17H,6,9-12H2,1-5H3. The zero-order valence-corrected chi connectivity index (χ0v) is 21.0. The van der Waals surface area contributed by atoms with Crippen molar-refractivity contribution in [3.05, 3.63) is 45.1 Å². The number of likely N-dealkylation sites (N-methyl/N-ethyl adjacent to an activating group) is 1. The molecule has 170 valence electrons. The SMILES string of the molecule is CCN1CCN(C(=O)C(C)Sc2nc3scc(-c4ccc(C)c(C)c4)c3c(=O)n2C)CC1. The van der Waals surface area contributed by atoms with Crippen molar-refractivity contribution in [3.63, 3.8) is 0 Å². The molecular formula is C24H30N4O2S2. The van der Waals surface area contributed by atoms with Gasteiger partial charge in [0.2, 0.25) is 5.91 Å². The van der Waals surface area contributed by atoms with Crippen LogP contribution < -0.4 is 5.56 Å². The molecule has 0 aliphatic carbocycles. The molecule has 1 amide bonds. The minimum atomic E-state index is -0.294. The van der Waals surface area contributed by atoms with Crippen molar-refractivity contribution < 1.29 is 4.79 Å². The third kappa shape index (κ3) is 4.36. The lowest BCUT2D eigenvalue weighted by atomic mass is 10.0. The summed E-state index contributed by atoms with van der Waals surface area (Å²) in [6.45, 7) is 12.6. The van der Waals surface area contributed by atoms with Gasteiger partial charge in [0, 0.05) is 44.2 Å². The first-order chi connectivity index (χ1) is 15.3. The normalized spacial score (nSPS) is 16.0. The predicted molar refractivity (Wildman–Crippen MR) is 134 cm³/mol. The Morgan fingerprint density at radius 1 is 1.19 bits per heavy atom. The number of hydrogen-bond donors (Lipinski definition) is 0. The second-order valence-corrected chi connectivity index (χ2v) is 10.6. The van der Waals surface area contributed by atoms with Crippen LogP contribution in [0.2, 0.25) is 0 Å². The van der Waals surface area contributed by atoms with Crippen LogP contribution >= 0.6 is 23.1 Å². The number of thioether (sulfide) groups is 1. The lowest BCUT2D eigenvalue weighted by molar-refractivity contribution is -0.132. The first kappa shape index (κ1) is 23.0. The molecule has 1 atom stereocenters. The minimum absolute atomic E-state index is 0.0665. The zero-order chi connectivity index (χ0) is 23.0. The maximum absolute atomic E-state index is 13.3. The molecule has 0 radical (unpaired) electrons. The molecular weight excluding hydrogens is 440 g/mol. The molecule has 0 N–H and O–H groups in total. The summed E-state index contributed by atoms with van der Waals surface area (Å²) < 4.78 is 1.59. The van der Waals surface area contributed by atoms with E-state index < -0.39 is 0 Å². The molecule has 1 saturated heterocycles. The van der Waals surface area contributed by atoms with Crippen LogP contribution in [0, 0.1) is 13.8 Å². The van der Waals surface area contributed by atoms with Crippen LogP contribution in [-0.2, 0) is 11.8 Å². The van der Waals surface area contributed by atoms with Crippen LogP contribution in [0.5, 0.6) is 0 Å². The van der Waals surface area contributed by atoms with E-state index in [9.17, 15) is 9.59 Å². The summed E-state index contributed by atoms with van der Waals surface area (Å²) in [5.74, 6) is 0.113. The van der Waals surface area contributed by atoms with Crippen LogP contribution in [0.4, 0.5) is 0 Å². The number of aromatic nitrogens is 2. The monoisotopic (exact) mass is 470 g/mol. The van der Waals surface area contributed by atoms with Gasteiger partial charge in [-0.2, -0.15) is 0 Å². The number of aryl methyl sites for hydroxylation is 2. The van der Waals surface area contributed by atoms with Crippen molar-refractivity contribution in [1.82, 2.24) is 19.4 Å². The van der Waals surface area contributed by atoms with Crippen molar-refractivity contribution >= 4 is 39.2 Å². The fourth-order valence-corrected chi connectivity index (χ4v) is 5.98. The Balaban J connectivity index is 1.59. The number of hydrogen-bond acceptors (Lipinski definition) is 6. The van der Waals surface area contributed by atoms with Crippen molar-refractivity contribution in [2.75, 3.05) is 32.7 Å². The molecule has 2 aromatic heterocycles. The summed E-state index contributed by atoms with van der Waals surface area (Å²) in [7, 11) is 1.75. The lowest BCUT2D eigenvalue weighted by Gasteiger charge is -2.35. The van der Waals surface area contributed by atoms with Crippen LogP contribution in [0.3, 0.4) is 0 Å². The second-order valence-electron chi connectivity index (χ2n) is 8.41. The highest BCUT2D eigenvalue weighted by Gasteiger charge is 2.26. The van der Waals surface area contributed by atoms with Gasteiger partial charge in [-0.3, -0.25) is 14.2 Å². The maximum atomic E-state index is 13.3. The van der Waals surface area contributed by atoms with Crippen molar-refractivity contribution in [1.29, 1.82) is 0 Å². The van der Waals surface area contributed by atoms with E-state index in [1.165, 1.54) is 34.2 Å². The van der Waals surface area contributed by atoms with Gasteiger partial charge < -0.3 is 9.80 Å². The lowest BCUT2D eigenvalue weighted by Crippen LogP contribution is -2.50. The van der Waals surface area contributed by atoms with Crippen LogP contribution in [0.25, 0.3) is 21.3 Å². The summed E-state index contributed by atoms with van der Waals surface area (Å²) in [4.78, 5) is 36.1. The topological polar surface area (TPSA) is 58.4 Å². The van der Waals surface area contributed by atoms with E-state index >= 15 is 0 Å². The quantitative estimate of drug-likeness (QED) is 0.418.